The molecule has 9 nitrogen and oxygen atoms in total. The minimum atomic E-state index is -0.357. The van der Waals surface area contributed by atoms with Crippen molar-refractivity contribution in [2.45, 2.75) is 38.4 Å². The molecular formula is C29H40N2O7. The van der Waals surface area contributed by atoms with E-state index in [0.29, 0.717) is 45.3 Å². The number of hydrogen-bond acceptors (Lipinski definition) is 8. The van der Waals surface area contributed by atoms with Gasteiger partial charge in [-0.1, -0.05) is 6.07 Å². The van der Waals surface area contributed by atoms with E-state index in [9.17, 15) is 4.79 Å². The van der Waals surface area contributed by atoms with Crippen LogP contribution in [0, 0.1) is 0 Å². The van der Waals surface area contributed by atoms with Gasteiger partial charge < -0.3 is 38.2 Å². The second-order valence-electron chi connectivity index (χ2n) is 9.54. The van der Waals surface area contributed by atoms with Crippen LogP contribution in [0.2, 0.25) is 0 Å². The van der Waals surface area contributed by atoms with Gasteiger partial charge in [0.15, 0.2) is 0 Å². The molecule has 0 bridgehead atoms. The highest BCUT2D eigenvalue weighted by Gasteiger charge is 2.26. The van der Waals surface area contributed by atoms with Gasteiger partial charge in [0.05, 0.1) is 38.1 Å². The van der Waals surface area contributed by atoms with Gasteiger partial charge in [-0.25, -0.2) is 4.79 Å². The number of hydrogen-bond donors (Lipinski definition) is 0. The van der Waals surface area contributed by atoms with Gasteiger partial charge in [-0.2, -0.15) is 0 Å². The Labute approximate surface area is 225 Å². The second-order valence-corrected chi connectivity index (χ2v) is 9.54. The zero-order valence-corrected chi connectivity index (χ0v) is 22.6. The molecule has 4 rings (SSSR count). The Morgan fingerprint density at radius 2 is 1.76 bits per heavy atom. The number of likely N-dealkylation sites (tertiary alicyclic amines) is 1. The van der Waals surface area contributed by atoms with Gasteiger partial charge in [0.1, 0.15) is 23.9 Å². The van der Waals surface area contributed by atoms with E-state index in [0.717, 1.165) is 68.1 Å². The predicted octanol–water partition coefficient (Wildman–Crippen LogP) is 4.52. The third kappa shape index (κ3) is 8.24. The van der Waals surface area contributed by atoms with Crippen LogP contribution in [-0.4, -0.2) is 83.9 Å². The maximum Gasteiger partial charge on any atom is 0.415 e. The van der Waals surface area contributed by atoms with E-state index in [1.807, 2.05) is 6.07 Å². The highest BCUT2D eigenvalue weighted by Crippen LogP contribution is 2.33. The van der Waals surface area contributed by atoms with Gasteiger partial charge in [-0.05, 0) is 61.2 Å². The second kappa shape index (κ2) is 14.8. The zero-order valence-electron chi connectivity index (χ0n) is 22.6. The zero-order chi connectivity index (χ0) is 26.6. The summed E-state index contributed by atoms with van der Waals surface area (Å²) in [5.74, 6) is 2.14. The molecule has 2 aromatic rings. The Balaban J connectivity index is 1.25. The number of amides is 1. The SMILES string of the molecule is COCCCOc1ccc(OC(=O)N2CCCC(OCc3ccc4c(c3)N(CCCOC)CCO4)C2)cc1. The van der Waals surface area contributed by atoms with Gasteiger partial charge in [0.25, 0.3) is 0 Å². The Hall–Kier alpha value is -3.01. The molecule has 0 aromatic heterocycles. The number of nitrogens with zero attached hydrogens (tertiary/aromatic N) is 2. The lowest BCUT2D eigenvalue weighted by atomic mass is 10.1. The summed E-state index contributed by atoms with van der Waals surface area (Å²) in [7, 11) is 3.40. The summed E-state index contributed by atoms with van der Waals surface area (Å²) in [4.78, 5) is 16.9. The normalized spacial score (nSPS) is 17.1. The monoisotopic (exact) mass is 528 g/mol. The van der Waals surface area contributed by atoms with E-state index in [1.165, 1.54) is 0 Å². The van der Waals surface area contributed by atoms with Crippen LogP contribution in [0.4, 0.5) is 10.5 Å². The van der Waals surface area contributed by atoms with Gasteiger partial charge in [0, 0.05) is 46.9 Å². The molecular weight excluding hydrogens is 488 g/mol. The van der Waals surface area contributed by atoms with Crippen LogP contribution < -0.4 is 19.1 Å². The van der Waals surface area contributed by atoms with Gasteiger partial charge >= 0.3 is 6.09 Å². The van der Waals surface area contributed by atoms with E-state index in [4.69, 9.17) is 28.4 Å². The quantitative estimate of drug-likeness (QED) is 0.351. The van der Waals surface area contributed by atoms with Crippen LogP contribution in [0.25, 0.3) is 0 Å². The summed E-state index contributed by atoms with van der Waals surface area (Å²) in [5.41, 5.74) is 2.20. The lowest BCUT2D eigenvalue weighted by molar-refractivity contribution is -0.00506. The van der Waals surface area contributed by atoms with Crippen molar-refractivity contribution in [2.24, 2.45) is 0 Å². The largest absolute Gasteiger partial charge is 0.494 e. The summed E-state index contributed by atoms with van der Waals surface area (Å²) in [6.07, 6.45) is 3.18. The molecule has 2 aromatic carbocycles. The number of carbonyl (C=O) groups excluding carboxylic acids is 1. The van der Waals surface area contributed by atoms with Crippen molar-refractivity contribution in [3.63, 3.8) is 0 Å². The smallest absolute Gasteiger partial charge is 0.415 e. The average molecular weight is 529 g/mol. The molecule has 1 amide bonds. The third-order valence-corrected chi connectivity index (χ3v) is 6.67. The topological polar surface area (TPSA) is 78.9 Å². The first-order valence-corrected chi connectivity index (χ1v) is 13.5. The lowest BCUT2D eigenvalue weighted by Crippen LogP contribution is -2.44. The molecule has 1 atom stereocenters. The van der Waals surface area contributed by atoms with Crippen molar-refractivity contribution in [3.05, 3.63) is 48.0 Å². The molecule has 2 heterocycles. The van der Waals surface area contributed by atoms with Gasteiger partial charge in [0.2, 0.25) is 0 Å². The standard InChI is InChI=1S/C29H40N2O7/c1-33-16-4-14-30-15-19-36-28-12-7-23(20-27(28)30)22-37-26-6-3-13-31(21-26)29(32)38-25-10-8-24(9-11-25)35-18-5-17-34-2/h7-12,20,26H,3-6,13-19,21-22H2,1-2H3. The molecule has 0 saturated carbocycles. The van der Waals surface area contributed by atoms with Crippen molar-refractivity contribution in [2.75, 3.05) is 71.7 Å². The molecule has 2 aliphatic rings. The molecule has 38 heavy (non-hydrogen) atoms. The van der Waals surface area contributed by atoms with E-state index in [-0.39, 0.29) is 12.2 Å². The van der Waals surface area contributed by atoms with Crippen LogP contribution >= 0.6 is 0 Å². The van der Waals surface area contributed by atoms with Crippen molar-refractivity contribution in [1.82, 2.24) is 4.90 Å². The number of rotatable bonds is 13. The number of ether oxygens (including phenoxy) is 6. The first-order valence-electron chi connectivity index (χ1n) is 13.5. The van der Waals surface area contributed by atoms with Crippen molar-refractivity contribution in [3.8, 4) is 17.2 Å². The van der Waals surface area contributed by atoms with Gasteiger partial charge in [-0.15, -0.1) is 0 Å². The Bertz CT molecular complexity index is 1000. The fourth-order valence-corrected chi connectivity index (χ4v) is 4.66. The number of anilines is 1. The first-order chi connectivity index (χ1) is 18.7. The fourth-order valence-electron chi connectivity index (χ4n) is 4.66. The molecule has 0 aliphatic carbocycles. The molecule has 0 radical (unpaired) electrons. The summed E-state index contributed by atoms with van der Waals surface area (Å²) < 4.78 is 33.6. The number of fused-ring (bicyclic) bond motifs is 1. The molecule has 1 fully saturated rings. The molecule has 0 spiro atoms. The Kier molecular flexibility index (Phi) is 10.9. The molecule has 0 N–H and O–H groups in total. The van der Waals surface area contributed by atoms with Crippen LogP contribution in [0.5, 0.6) is 17.2 Å². The Morgan fingerprint density at radius 3 is 2.58 bits per heavy atom. The summed E-state index contributed by atoms with van der Waals surface area (Å²) in [6, 6.07) is 13.3. The van der Waals surface area contributed by atoms with E-state index < -0.39 is 0 Å². The Morgan fingerprint density at radius 1 is 0.974 bits per heavy atom. The van der Waals surface area contributed by atoms with Crippen molar-refractivity contribution < 1.29 is 33.2 Å². The van der Waals surface area contributed by atoms with Crippen LogP contribution in [0.15, 0.2) is 42.5 Å². The minimum absolute atomic E-state index is 0.0377. The minimum Gasteiger partial charge on any atom is -0.494 e. The number of piperidine rings is 1. The van der Waals surface area contributed by atoms with Crippen LogP contribution in [-0.2, 0) is 20.8 Å². The molecule has 2 aliphatic heterocycles. The molecule has 208 valence electrons. The number of carbonyl (C=O) groups is 1. The highest BCUT2D eigenvalue weighted by atomic mass is 16.6. The van der Waals surface area contributed by atoms with E-state index in [1.54, 1.807) is 43.4 Å². The average Bonchev–Trinajstić information content (AvgIpc) is 2.95. The summed E-state index contributed by atoms with van der Waals surface area (Å²) >= 11 is 0. The fraction of sp³-hybridized carbons (Fsp3) is 0.552. The maximum atomic E-state index is 12.8. The molecule has 1 saturated heterocycles. The summed E-state index contributed by atoms with van der Waals surface area (Å²) in [5, 5.41) is 0. The third-order valence-electron chi connectivity index (χ3n) is 6.67. The maximum absolute atomic E-state index is 12.8. The summed E-state index contributed by atoms with van der Waals surface area (Å²) in [6.45, 7) is 6.12. The predicted molar refractivity (Wildman–Crippen MR) is 144 cm³/mol. The molecule has 1 unspecified atom stereocenters. The van der Waals surface area contributed by atoms with Crippen LogP contribution in [0.3, 0.4) is 0 Å². The number of methoxy groups -OCH3 is 2. The van der Waals surface area contributed by atoms with E-state index >= 15 is 0 Å². The lowest BCUT2D eigenvalue weighted by Gasteiger charge is -2.33. The van der Waals surface area contributed by atoms with E-state index in [2.05, 4.69) is 17.0 Å². The first kappa shape index (κ1) is 28.0. The van der Waals surface area contributed by atoms with Crippen molar-refractivity contribution in [1.29, 1.82) is 0 Å². The highest BCUT2D eigenvalue weighted by molar-refractivity contribution is 5.71. The van der Waals surface area contributed by atoms with Gasteiger partial charge in [-0.3, -0.25) is 0 Å². The van der Waals surface area contributed by atoms with Crippen LogP contribution in [0.1, 0.15) is 31.2 Å². The molecule has 9 heteroatoms. The number of benzene rings is 2. The van der Waals surface area contributed by atoms with Crippen molar-refractivity contribution >= 4 is 11.8 Å².